The maximum atomic E-state index is 5.64. The smallest absolute Gasteiger partial charge is 0.191 e. The van der Waals surface area contributed by atoms with Gasteiger partial charge in [0.25, 0.3) is 0 Å². The SMILES string of the molecule is CN=C(NCC(OC)C(C)(C)C)NC1CCN(Cc2ccccc2)C(C)C1. The molecule has 5 nitrogen and oxygen atoms in total. The zero-order valence-corrected chi connectivity index (χ0v) is 18.0. The molecule has 1 heterocycles. The van der Waals surface area contributed by atoms with Gasteiger partial charge in [0, 0.05) is 45.9 Å². The first-order chi connectivity index (χ1) is 12.8. The van der Waals surface area contributed by atoms with E-state index in [-0.39, 0.29) is 11.5 Å². The van der Waals surface area contributed by atoms with Gasteiger partial charge < -0.3 is 15.4 Å². The lowest BCUT2D eigenvalue weighted by Gasteiger charge is -2.38. The number of benzene rings is 1. The third-order valence-electron chi connectivity index (χ3n) is 5.51. The van der Waals surface area contributed by atoms with Crippen molar-refractivity contribution in [1.82, 2.24) is 15.5 Å². The minimum Gasteiger partial charge on any atom is -0.379 e. The van der Waals surface area contributed by atoms with Crippen LogP contribution in [-0.4, -0.2) is 56.3 Å². The molecule has 27 heavy (non-hydrogen) atoms. The lowest BCUT2D eigenvalue weighted by atomic mass is 9.89. The number of ether oxygens (including phenoxy) is 1. The fourth-order valence-electron chi connectivity index (χ4n) is 3.73. The average Bonchev–Trinajstić information content (AvgIpc) is 2.63. The molecule has 0 bridgehead atoms. The van der Waals surface area contributed by atoms with Gasteiger partial charge in [-0.3, -0.25) is 9.89 Å². The van der Waals surface area contributed by atoms with Crippen LogP contribution in [0.25, 0.3) is 0 Å². The Balaban J connectivity index is 1.82. The second-order valence-electron chi connectivity index (χ2n) is 8.71. The highest BCUT2D eigenvalue weighted by atomic mass is 16.5. The normalized spacial score (nSPS) is 23.1. The molecule has 1 aliphatic heterocycles. The minimum atomic E-state index is 0.0951. The van der Waals surface area contributed by atoms with Gasteiger partial charge >= 0.3 is 0 Å². The number of nitrogens with one attached hydrogen (secondary N) is 2. The first-order valence-corrected chi connectivity index (χ1v) is 10.1. The zero-order valence-electron chi connectivity index (χ0n) is 18.0. The Bertz CT molecular complexity index is 582. The predicted octanol–water partition coefficient (Wildman–Crippen LogP) is 3.27. The summed E-state index contributed by atoms with van der Waals surface area (Å²) in [5, 5.41) is 7.05. The van der Waals surface area contributed by atoms with Crippen LogP contribution in [0.4, 0.5) is 0 Å². The molecule has 152 valence electrons. The van der Waals surface area contributed by atoms with Crippen molar-refractivity contribution in [3.05, 3.63) is 35.9 Å². The molecule has 0 aromatic heterocycles. The van der Waals surface area contributed by atoms with Crippen molar-refractivity contribution in [1.29, 1.82) is 0 Å². The highest BCUT2D eigenvalue weighted by molar-refractivity contribution is 5.80. The van der Waals surface area contributed by atoms with Crippen LogP contribution in [0.15, 0.2) is 35.3 Å². The van der Waals surface area contributed by atoms with Gasteiger partial charge in [0.05, 0.1) is 6.10 Å². The van der Waals surface area contributed by atoms with Crippen LogP contribution in [0.3, 0.4) is 0 Å². The second-order valence-corrected chi connectivity index (χ2v) is 8.71. The van der Waals surface area contributed by atoms with E-state index >= 15 is 0 Å². The summed E-state index contributed by atoms with van der Waals surface area (Å²) in [5.41, 5.74) is 1.48. The number of nitrogens with zero attached hydrogens (tertiary/aromatic N) is 2. The van der Waals surface area contributed by atoms with Gasteiger partial charge in [-0.05, 0) is 30.7 Å². The van der Waals surface area contributed by atoms with Gasteiger partial charge in [0.15, 0.2) is 5.96 Å². The van der Waals surface area contributed by atoms with E-state index in [1.807, 2.05) is 7.05 Å². The molecular formula is C22H38N4O. The maximum Gasteiger partial charge on any atom is 0.191 e. The summed E-state index contributed by atoms with van der Waals surface area (Å²) >= 11 is 0. The molecule has 0 aliphatic carbocycles. The van der Waals surface area contributed by atoms with Crippen molar-refractivity contribution < 1.29 is 4.74 Å². The molecule has 0 amide bonds. The van der Waals surface area contributed by atoms with Crippen molar-refractivity contribution in [2.24, 2.45) is 10.4 Å². The van der Waals surface area contributed by atoms with Crippen LogP contribution in [0.2, 0.25) is 0 Å². The Morgan fingerprint density at radius 3 is 2.56 bits per heavy atom. The number of rotatable bonds is 6. The van der Waals surface area contributed by atoms with Gasteiger partial charge in [-0.2, -0.15) is 0 Å². The van der Waals surface area contributed by atoms with Crippen molar-refractivity contribution in [3.8, 4) is 0 Å². The van der Waals surface area contributed by atoms with Crippen molar-refractivity contribution in [2.45, 2.75) is 65.3 Å². The Kier molecular flexibility index (Phi) is 8.11. The monoisotopic (exact) mass is 374 g/mol. The average molecular weight is 375 g/mol. The number of piperidine rings is 1. The van der Waals surface area contributed by atoms with Crippen LogP contribution in [-0.2, 0) is 11.3 Å². The number of likely N-dealkylation sites (tertiary alicyclic amines) is 1. The predicted molar refractivity (Wildman–Crippen MR) is 114 cm³/mol. The van der Waals surface area contributed by atoms with E-state index in [4.69, 9.17) is 4.74 Å². The molecule has 2 rings (SSSR count). The van der Waals surface area contributed by atoms with Crippen LogP contribution in [0.5, 0.6) is 0 Å². The summed E-state index contributed by atoms with van der Waals surface area (Å²) in [6.07, 6.45) is 2.40. The summed E-state index contributed by atoms with van der Waals surface area (Å²) in [6.45, 7) is 11.8. The molecule has 5 heteroatoms. The Labute approximate surface area is 165 Å². The number of aliphatic imine (C=N–C) groups is 1. The van der Waals surface area contributed by atoms with E-state index in [1.54, 1.807) is 7.11 Å². The number of methoxy groups -OCH3 is 1. The van der Waals surface area contributed by atoms with E-state index in [0.717, 1.165) is 38.4 Å². The fraction of sp³-hybridized carbons (Fsp3) is 0.682. The molecule has 1 aliphatic rings. The molecule has 0 spiro atoms. The summed E-state index contributed by atoms with van der Waals surface area (Å²) in [4.78, 5) is 6.98. The van der Waals surface area contributed by atoms with Crippen LogP contribution >= 0.6 is 0 Å². The summed E-state index contributed by atoms with van der Waals surface area (Å²) in [6, 6.07) is 11.7. The van der Waals surface area contributed by atoms with Crippen molar-refractivity contribution >= 4 is 5.96 Å². The largest absolute Gasteiger partial charge is 0.379 e. The highest BCUT2D eigenvalue weighted by Gasteiger charge is 2.27. The zero-order chi connectivity index (χ0) is 19.9. The third kappa shape index (κ3) is 6.82. The van der Waals surface area contributed by atoms with Gasteiger partial charge in [0.2, 0.25) is 0 Å². The Morgan fingerprint density at radius 2 is 2.00 bits per heavy atom. The van der Waals surface area contributed by atoms with E-state index in [1.165, 1.54) is 5.56 Å². The van der Waals surface area contributed by atoms with Gasteiger partial charge in [0.1, 0.15) is 0 Å². The lowest BCUT2D eigenvalue weighted by Crippen LogP contribution is -2.52. The molecule has 1 fully saturated rings. The molecular weight excluding hydrogens is 336 g/mol. The van der Waals surface area contributed by atoms with E-state index < -0.39 is 0 Å². The van der Waals surface area contributed by atoms with Crippen molar-refractivity contribution in [2.75, 3.05) is 27.2 Å². The molecule has 1 aromatic rings. The molecule has 3 atom stereocenters. The van der Waals surface area contributed by atoms with Crippen LogP contribution < -0.4 is 10.6 Å². The second kappa shape index (κ2) is 10.1. The fourth-order valence-corrected chi connectivity index (χ4v) is 3.73. The lowest BCUT2D eigenvalue weighted by molar-refractivity contribution is 0.0204. The minimum absolute atomic E-state index is 0.0951. The summed E-state index contributed by atoms with van der Waals surface area (Å²) in [7, 11) is 3.61. The molecule has 3 unspecified atom stereocenters. The van der Waals surface area contributed by atoms with E-state index in [2.05, 4.69) is 78.6 Å². The van der Waals surface area contributed by atoms with Gasteiger partial charge in [-0.15, -0.1) is 0 Å². The molecule has 0 saturated carbocycles. The molecule has 1 aromatic carbocycles. The Hall–Kier alpha value is -1.59. The molecule has 2 N–H and O–H groups in total. The van der Waals surface area contributed by atoms with Gasteiger partial charge in [-0.25, -0.2) is 0 Å². The van der Waals surface area contributed by atoms with Gasteiger partial charge in [-0.1, -0.05) is 51.1 Å². The summed E-state index contributed by atoms with van der Waals surface area (Å²) < 4.78 is 5.64. The topological polar surface area (TPSA) is 48.9 Å². The van der Waals surface area contributed by atoms with E-state index in [0.29, 0.717) is 12.1 Å². The first kappa shape index (κ1) is 21.7. The maximum absolute atomic E-state index is 5.64. The van der Waals surface area contributed by atoms with Crippen LogP contribution in [0.1, 0.15) is 46.1 Å². The number of guanidine groups is 1. The van der Waals surface area contributed by atoms with Crippen molar-refractivity contribution in [3.63, 3.8) is 0 Å². The summed E-state index contributed by atoms with van der Waals surface area (Å²) in [5.74, 6) is 0.870. The standard InChI is InChI=1S/C22H38N4O/c1-17-14-19(12-13-26(17)16-18-10-8-7-9-11-18)25-21(23-5)24-15-20(27-6)22(2,3)4/h7-11,17,19-20H,12-16H2,1-6H3,(H2,23,24,25). The first-order valence-electron chi connectivity index (χ1n) is 10.1. The molecule has 1 saturated heterocycles. The third-order valence-corrected chi connectivity index (χ3v) is 5.51. The van der Waals surface area contributed by atoms with E-state index in [9.17, 15) is 0 Å². The quantitative estimate of drug-likeness (QED) is 0.593. The highest BCUT2D eigenvalue weighted by Crippen LogP contribution is 2.21. The number of hydrogen-bond acceptors (Lipinski definition) is 3. The van der Waals surface area contributed by atoms with Crippen LogP contribution in [0, 0.1) is 5.41 Å². The number of hydrogen-bond donors (Lipinski definition) is 2. The molecule has 0 radical (unpaired) electrons. The Morgan fingerprint density at radius 1 is 1.30 bits per heavy atom.